The van der Waals surface area contributed by atoms with Gasteiger partial charge in [0, 0.05) is 25.6 Å². The number of carbonyl (C=O) groups excluding carboxylic acids is 3. The summed E-state index contributed by atoms with van der Waals surface area (Å²) in [6.45, 7) is 0.817. The molecule has 2 aliphatic heterocycles. The van der Waals surface area contributed by atoms with Crippen molar-refractivity contribution >= 4 is 17.8 Å². The highest BCUT2D eigenvalue weighted by atomic mass is 16.5. The van der Waals surface area contributed by atoms with Crippen molar-refractivity contribution in [2.75, 3.05) is 27.2 Å². The van der Waals surface area contributed by atoms with Gasteiger partial charge in [0.05, 0.1) is 43.8 Å². The van der Waals surface area contributed by atoms with Crippen LogP contribution in [0.15, 0.2) is 58.3 Å². The summed E-state index contributed by atoms with van der Waals surface area (Å²) < 4.78 is 10.6. The fraction of sp³-hybridized carbons (Fsp3) is 0.318. The molecule has 2 aliphatic rings. The van der Waals surface area contributed by atoms with Gasteiger partial charge in [-0.05, 0) is 18.2 Å². The highest BCUT2D eigenvalue weighted by molar-refractivity contribution is 6.01. The molecule has 0 saturated heterocycles. The first-order chi connectivity index (χ1) is 15.0. The van der Waals surface area contributed by atoms with Gasteiger partial charge in [-0.25, -0.2) is 4.79 Å². The van der Waals surface area contributed by atoms with E-state index in [4.69, 9.17) is 9.15 Å². The van der Waals surface area contributed by atoms with E-state index >= 15 is 0 Å². The summed E-state index contributed by atoms with van der Waals surface area (Å²) in [5, 5.41) is 5.67. The van der Waals surface area contributed by atoms with Gasteiger partial charge in [0.25, 0.3) is 5.91 Å². The van der Waals surface area contributed by atoms with Gasteiger partial charge in [-0.1, -0.05) is 18.2 Å². The van der Waals surface area contributed by atoms with Crippen LogP contribution in [0.2, 0.25) is 0 Å². The lowest BCUT2D eigenvalue weighted by Crippen LogP contribution is -2.45. The number of furan rings is 1. The standard InChI is InChI=1S/C22H24N4O5/c1-25-16-13-26(10-9-18(27)23-12-14-6-5-11-31-14)21(28)19(16)20(24-22(25)29)15-7-3-4-8-17(15)30-2/h3-8,11,20H,9-10,12-13H2,1-2H3,(H,23,27)(H,24,29). The van der Waals surface area contributed by atoms with Crippen LogP contribution in [0.1, 0.15) is 23.8 Å². The Morgan fingerprint density at radius 1 is 1.26 bits per heavy atom. The Morgan fingerprint density at radius 2 is 2.06 bits per heavy atom. The predicted octanol–water partition coefficient (Wildman–Crippen LogP) is 1.79. The molecule has 9 heteroatoms. The second-order valence-electron chi connectivity index (χ2n) is 7.38. The number of likely N-dealkylation sites (N-methyl/N-ethyl adjacent to an activating group) is 1. The van der Waals surface area contributed by atoms with Gasteiger partial charge in [0.1, 0.15) is 11.5 Å². The average Bonchev–Trinajstić information content (AvgIpc) is 3.41. The Labute approximate surface area is 179 Å². The van der Waals surface area contributed by atoms with Crippen molar-refractivity contribution < 1.29 is 23.5 Å². The topological polar surface area (TPSA) is 104 Å². The SMILES string of the molecule is COc1ccccc1C1NC(=O)N(C)C2=C1C(=O)N(CCC(=O)NCc1ccco1)C2. The molecule has 1 atom stereocenters. The molecule has 0 bridgehead atoms. The summed E-state index contributed by atoms with van der Waals surface area (Å²) in [6, 6.07) is 9.92. The third-order valence-electron chi connectivity index (χ3n) is 5.53. The van der Waals surface area contributed by atoms with Crippen LogP contribution >= 0.6 is 0 Å². The smallest absolute Gasteiger partial charge is 0.322 e. The number of para-hydroxylation sites is 1. The highest BCUT2D eigenvalue weighted by Gasteiger charge is 2.43. The van der Waals surface area contributed by atoms with Crippen molar-refractivity contribution in [3.63, 3.8) is 0 Å². The van der Waals surface area contributed by atoms with Crippen LogP contribution in [-0.4, -0.2) is 54.9 Å². The molecule has 3 heterocycles. The van der Waals surface area contributed by atoms with E-state index in [2.05, 4.69) is 10.6 Å². The first kappa shape index (κ1) is 20.5. The Hall–Kier alpha value is -3.75. The number of rotatable bonds is 7. The molecular weight excluding hydrogens is 400 g/mol. The molecule has 0 fully saturated rings. The Morgan fingerprint density at radius 3 is 2.81 bits per heavy atom. The van der Waals surface area contributed by atoms with Crippen LogP contribution in [0.5, 0.6) is 5.75 Å². The van der Waals surface area contributed by atoms with Crippen molar-refractivity contribution in [2.24, 2.45) is 0 Å². The number of benzene rings is 1. The minimum atomic E-state index is -0.611. The number of hydrogen-bond donors (Lipinski definition) is 2. The maximum absolute atomic E-state index is 13.2. The molecule has 9 nitrogen and oxygen atoms in total. The Balaban J connectivity index is 1.47. The van der Waals surface area contributed by atoms with Crippen molar-refractivity contribution in [3.05, 3.63) is 65.3 Å². The first-order valence-electron chi connectivity index (χ1n) is 9.98. The number of amides is 4. The van der Waals surface area contributed by atoms with E-state index in [1.165, 1.54) is 4.90 Å². The second kappa shape index (κ2) is 8.55. The van der Waals surface area contributed by atoms with Crippen LogP contribution < -0.4 is 15.4 Å². The molecule has 2 aromatic rings. The van der Waals surface area contributed by atoms with Crippen molar-refractivity contribution in [1.82, 2.24) is 20.4 Å². The second-order valence-corrected chi connectivity index (χ2v) is 7.38. The maximum atomic E-state index is 13.2. The lowest BCUT2D eigenvalue weighted by Gasteiger charge is -2.31. The fourth-order valence-corrected chi connectivity index (χ4v) is 3.87. The van der Waals surface area contributed by atoms with E-state index in [1.807, 2.05) is 18.2 Å². The molecule has 31 heavy (non-hydrogen) atoms. The summed E-state index contributed by atoms with van der Waals surface area (Å²) >= 11 is 0. The van der Waals surface area contributed by atoms with Gasteiger partial charge in [0.2, 0.25) is 5.91 Å². The van der Waals surface area contributed by atoms with Gasteiger partial charge in [-0.15, -0.1) is 0 Å². The number of nitrogens with one attached hydrogen (secondary N) is 2. The molecule has 0 aliphatic carbocycles. The molecule has 2 N–H and O–H groups in total. The van der Waals surface area contributed by atoms with Crippen LogP contribution in [0.4, 0.5) is 4.79 Å². The quantitative estimate of drug-likeness (QED) is 0.705. The molecule has 0 spiro atoms. The predicted molar refractivity (Wildman–Crippen MR) is 111 cm³/mol. The zero-order chi connectivity index (χ0) is 22.0. The molecule has 1 aromatic heterocycles. The van der Waals surface area contributed by atoms with Crippen LogP contribution in [0.25, 0.3) is 0 Å². The zero-order valence-corrected chi connectivity index (χ0v) is 17.4. The maximum Gasteiger partial charge on any atom is 0.322 e. The van der Waals surface area contributed by atoms with Crippen LogP contribution in [-0.2, 0) is 16.1 Å². The van der Waals surface area contributed by atoms with Gasteiger partial charge in [-0.3, -0.25) is 14.5 Å². The first-order valence-corrected chi connectivity index (χ1v) is 9.98. The van der Waals surface area contributed by atoms with Crippen LogP contribution in [0, 0.1) is 0 Å². The molecule has 1 unspecified atom stereocenters. The lowest BCUT2D eigenvalue weighted by molar-refractivity contribution is -0.127. The number of methoxy groups -OCH3 is 1. The third kappa shape index (κ3) is 3.98. The normalized spacial score (nSPS) is 18.2. The van der Waals surface area contributed by atoms with E-state index in [9.17, 15) is 14.4 Å². The van der Waals surface area contributed by atoms with Gasteiger partial charge < -0.3 is 24.7 Å². The summed E-state index contributed by atoms with van der Waals surface area (Å²) in [5.74, 6) is 0.871. The lowest BCUT2D eigenvalue weighted by atomic mass is 9.95. The Bertz CT molecular complexity index is 1030. The van der Waals surface area contributed by atoms with E-state index in [-0.39, 0.29) is 37.4 Å². The van der Waals surface area contributed by atoms with Gasteiger partial charge in [-0.2, -0.15) is 0 Å². The summed E-state index contributed by atoms with van der Waals surface area (Å²) in [5.41, 5.74) is 1.86. The zero-order valence-electron chi connectivity index (χ0n) is 17.4. The summed E-state index contributed by atoms with van der Waals surface area (Å²) in [7, 11) is 3.19. The molecule has 1 aromatic carbocycles. The van der Waals surface area contributed by atoms with E-state index in [0.29, 0.717) is 34.9 Å². The minimum Gasteiger partial charge on any atom is -0.496 e. The monoisotopic (exact) mass is 424 g/mol. The summed E-state index contributed by atoms with van der Waals surface area (Å²) in [6.07, 6.45) is 1.70. The van der Waals surface area contributed by atoms with E-state index in [0.717, 1.165) is 0 Å². The van der Waals surface area contributed by atoms with Crippen LogP contribution in [0.3, 0.4) is 0 Å². The number of carbonyl (C=O) groups is 3. The summed E-state index contributed by atoms with van der Waals surface area (Å²) in [4.78, 5) is 41.0. The van der Waals surface area contributed by atoms with E-state index in [1.54, 1.807) is 43.5 Å². The largest absolute Gasteiger partial charge is 0.496 e. The average molecular weight is 424 g/mol. The fourth-order valence-electron chi connectivity index (χ4n) is 3.87. The van der Waals surface area contributed by atoms with Crippen molar-refractivity contribution in [2.45, 2.75) is 19.0 Å². The molecular formula is C22H24N4O5. The number of ether oxygens (including phenoxy) is 1. The Kier molecular flexibility index (Phi) is 5.66. The van der Waals surface area contributed by atoms with Gasteiger partial charge >= 0.3 is 6.03 Å². The minimum absolute atomic E-state index is 0.150. The molecule has 0 radical (unpaired) electrons. The number of urea groups is 1. The van der Waals surface area contributed by atoms with E-state index < -0.39 is 6.04 Å². The number of nitrogens with zero attached hydrogens (tertiary/aromatic N) is 2. The molecule has 4 amide bonds. The van der Waals surface area contributed by atoms with Crippen molar-refractivity contribution in [3.8, 4) is 5.75 Å². The van der Waals surface area contributed by atoms with Gasteiger partial charge in [0.15, 0.2) is 0 Å². The molecule has 0 saturated carbocycles. The van der Waals surface area contributed by atoms with Crippen molar-refractivity contribution in [1.29, 1.82) is 0 Å². The number of hydrogen-bond acceptors (Lipinski definition) is 5. The molecule has 162 valence electrons. The molecule has 4 rings (SSSR count). The third-order valence-corrected chi connectivity index (χ3v) is 5.53. The highest BCUT2D eigenvalue weighted by Crippen LogP contribution is 2.38.